The first-order valence-corrected chi connectivity index (χ1v) is 10.6. The van der Waals surface area contributed by atoms with Crippen molar-refractivity contribution >= 4 is 45.2 Å². The van der Waals surface area contributed by atoms with Crippen LogP contribution in [0, 0.1) is 7.14 Å². The Morgan fingerprint density at radius 1 is 0.682 bits per heavy atom. The maximum absolute atomic E-state index is 5.96. The third-order valence-electron chi connectivity index (χ3n) is 3.50. The van der Waals surface area contributed by atoms with Crippen molar-refractivity contribution in [2.75, 3.05) is 13.2 Å². The highest BCUT2D eigenvalue weighted by Crippen LogP contribution is 2.33. The molecule has 0 atom stereocenters. The van der Waals surface area contributed by atoms with E-state index in [0.29, 0.717) is 0 Å². The molecule has 0 amide bonds. The van der Waals surface area contributed by atoms with Crippen molar-refractivity contribution in [2.24, 2.45) is 0 Å². The van der Waals surface area contributed by atoms with Gasteiger partial charge in [-0.15, -0.1) is 0 Å². The van der Waals surface area contributed by atoms with Crippen molar-refractivity contribution in [1.29, 1.82) is 0 Å². The molecule has 0 radical (unpaired) electrons. The zero-order chi connectivity index (χ0) is 16.2. The molecule has 2 nitrogen and oxygen atoms in total. The Morgan fingerprint density at radius 3 is 1.45 bits per heavy atom. The van der Waals surface area contributed by atoms with Gasteiger partial charge in [0.15, 0.2) is 11.5 Å². The number of unbranched alkanes of at least 4 members (excludes halogenated alkanes) is 6. The fourth-order valence-electron chi connectivity index (χ4n) is 2.16. The highest BCUT2D eigenvalue weighted by molar-refractivity contribution is 14.1. The lowest BCUT2D eigenvalue weighted by Gasteiger charge is -2.14. The number of ether oxygens (including phenoxy) is 2. The summed E-state index contributed by atoms with van der Waals surface area (Å²) in [6.45, 7) is 6.02. The van der Waals surface area contributed by atoms with Crippen LogP contribution in [-0.2, 0) is 0 Å². The Morgan fingerprint density at radius 2 is 1.09 bits per heavy atom. The summed E-state index contributed by atoms with van der Waals surface area (Å²) in [7, 11) is 0. The normalized spacial score (nSPS) is 10.7. The van der Waals surface area contributed by atoms with Gasteiger partial charge >= 0.3 is 0 Å². The molecule has 0 spiro atoms. The Balaban J connectivity index is 2.51. The quantitative estimate of drug-likeness (QED) is 0.218. The third kappa shape index (κ3) is 8.22. The standard InChI is InChI=1S/C18H28I2O2/c1-3-5-7-9-11-21-17-13-15(19)16(20)14-18(17)22-12-10-8-6-4-2/h13-14H,3-12H2,1-2H3. The topological polar surface area (TPSA) is 18.5 Å². The zero-order valence-electron chi connectivity index (χ0n) is 13.8. The van der Waals surface area contributed by atoms with Gasteiger partial charge in [0.2, 0.25) is 0 Å². The minimum atomic E-state index is 0.781. The highest BCUT2D eigenvalue weighted by atomic mass is 127. The van der Waals surface area contributed by atoms with E-state index >= 15 is 0 Å². The summed E-state index contributed by atoms with van der Waals surface area (Å²) in [5.74, 6) is 1.80. The van der Waals surface area contributed by atoms with Gasteiger partial charge in [0, 0.05) is 7.14 Å². The molecule has 0 saturated carbocycles. The van der Waals surface area contributed by atoms with Crippen molar-refractivity contribution in [3.63, 3.8) is 0 Å². The van der Waals surface area contributed by atoms with Crippen LogP contribution in [-0.4, -0.2) is 13.2 Å². The van der Waals surface area contributed by atoms with Crippen molar-refractivity contribution in [3.8, 4) is 11.5 Å². The van der Waals surface area contributed by atoms with Crippen LogP contribution in [0.5, 0.6) is 11.5 Å². The van der Waals surface area contributed by atoms with E-state index in [1.165, 1.54) is 45.7 Å². The van der Waals surface area contributed by atoms with E-state index in [-0.39, 0.29) is 0 Å². The van der Waals surface area contributed by atoms with Crippen molar-refractivity contribution < 1.29 is 9.47 Å². The second-order valence-electron chi connectivity index (χ2n) is 5.53. The number of hydrogen-bond acceptors (Lipinski definition) is 2. The molecule has 0 saturated heterocycles. The van der Waals surface area contributed by atoms with Gasteiger partial charge in [0.25, 0.3) is 0 Å². The van der Waals surface area contributed by atoms with Gasteiger partial charge in [-0.2, -0.15) is 0 Å². The van der Waals surface area contributed by atoms with E-state index in [1.54, 1.807) is 0 Å². The van der Waals surface area contributed by atoms with E-state index in [1.807, 2.05) is 0 Å². The molecule has 0 aliphatic carbocycles. The van der Waals surface area contributed by atoms with E-state index in [4.69, 9.17) is 9.47 Å². The predicted octanol–water partition coefficient (Wildman–Crippen LogP) is 6.81. The van der Waals surface area contributed by atoms with E-state index in [0.717, 1.165) is 37.6 Å². The van der Waals surface area contributed by atoms with Crippen LogP contribution in [0.4, 0.5) is 0 Å². The Hall–Kier alpha value is 0.280. The lowest BCUT2D eigenvalue weighted by Crippen LogP contribution is -2.03. The van der Waals surface area contributed by atoms with Crippen LogP contribution in [0.2, 0.25) is 0 Å². The van der Waals surface area contributed by atoms with E-state index in [2.05, 4.69) is 71.2 Å². The van der Waals surface area contributed by atoms with Crippen LogP contribution in [0.3, 0.4) is 0 Å². The minimum Gasteiger partial charge on any atom is -0.490 e. The number of rotatable bonds is 12. The first-order chi connectivity index (χ1) is 10.7. The fourth-order valence-corrected chi connectivity index (χ4v) is 3.03. The average molecular weight is 530 g/mol. The molecule has 1 rings (SSSR count). The van der Waals surface area contributed by atoms with Crippen LogP contribution in [0.1, 0.15) is 65.2 Å². The SMILES string of the molecule is CCCCCCOc1cc(I)c(I)cc1OCCCCCC. The summed E-state index contributed by atoms with van der Waals surface area (Å²) >= 11 is 4.71. The molecule has 0 aliphatic rings. The maximum atomic E-state index is 5.96. The second-order valence-corrected chi connectivity index (χ2v) is 7.86. The maximum Gasteiger partial charge on any atom is 0.162 e. The molecule has 1 aromatic carbocycles. The first-order valence-electron chi connectivity index (χ1n) is 8.43. The smallest absolute Gasteiger partial charge is 0.162 e. The molecule has 0 bridgehead atoms. The van der Waals surface area contributed by atoms with Crippen LogP contribution < -0.4 is 9.47 Å². The molecule has 126 valence electrons. The first kappa shape index (κ1) is 20.3. The Bertz CT molecular complexity index is 383. The van der Waals surface area contributed by atoms with E-state index in [9.17, 15) is 0 Å². The molecule has 0 N–H and O–H groups in total. The molecule has 0 aliphatic heterocycles. The summed E-state index contributed by atoms with van der Waals surface area (Å²) in [6.07, 6.45) is 9.80. The Labute approximate surface area is 163 Å². The lowest BCUT2D eigenvalue weighted by molar-refractivity contribution is 0.258. The third-order valence-corrected chi connectivity index (χ3v) is 6.31. The van der Waals surface area contributed by atoms with Gasteiger partial charge < -0.3 is 9.47 Å². The van der Waals surface area contributed by atoms with Gasteiger partial charge in [-0.1, -0.05) is 52.4 Å². The molecule has 0 fully saturated rings. The van der Waals surface area contributed by atoms with Gasteiger partial charge in [0.1, 0.15) is 0 Å². The number of halogens is 2. The van der Waals surface area contributed by atoms with Gasteiger partial charge in [-0.25, -0.2) is 0 Å². The minimum absolute atomic E-state index is 0.781. The van der Waals surface area contributed by atoms with Crippen molar-refractivity contribution in [1.82, 2.24) is 0 Å². The molecular formula is C18H28I2O2. The summed E-state index contributed by atoms with van der Waals surface area (Å²) < 4.78 is 14.4. The van der Waals surface area contributed by atoms with Crippen LogP contribution in [0.25, 0.3) is 0 Å². The number of benzene rings is 1. The average Bonchev–Trinajstić information content (AvgIpc) is 2.51. The molecule has 4 heteroatoms. The zero-order valence-corrected chi connectivity index (χ0v) is 18.1. The molecule has 0 unspecified atom stereocenters. The molecular weight excluding hydrogens is 502 g/mol. The summed E-state index contributed by atoms with van der Waals surface area (Å²) in [6, 6.07) is 4.20. The summed E-state index contributed by atoms with van der Waals surface area (Å²) in [5.41, 5.74) is 0. The van der Waals surface area contributed by atoms with Gasteiger partial charge in [-0.3, -0.25) is 0 Å². The molecule has 0 aromatic heterocycles. The van der Waals surface area contributed by atoms with Gasteiger partial charge in [-0.05, 0) is 70.2 Å². The fraction of sp³-hybridized carbons (Fsp3) is 0.667. The second kappa shape index (κ2) is 12.7. The van der Waals surface area contributed by atoms with Gasteiger partial charge in [0.05, 0.1) is 13.2 Å². The van der Waals surface area contributed by atoms with Crippen LogP contribution >= 0.6 is 45.2 Å². The lowest BCUT2D eigenvalue weighted by atomic mass is 10.2. The molecule has 1 aromatic rings. The largest absolute Gasteiger partial charge is 0.490 e. The van der Waals surface area contributed by atoms with E-state index < -0.39 is 0 Å². The highest BCUT2D eigenvalue weighted by Gasteiger charge is 2.09. The van der Waals surface area contributed by atoms with Crippen LogP contribution in [0.15, 0.2) is 12.1 Å². The monoisotopic (exact) mass is 530 g/mol. The Kier molecular flexibility index (Phi) is 11.7. The summed E-state index contributed by atoms with van der Waals surface area (Å²) in [5, 5.41) is 0. The van der Waals surface area contributed by atoms with Crippen molar-refractivity contribution in [2.45, 2.75) is 65.2 Å². The summed E-state index contributed by atoms with van der Waals surface area (Å²) in [4.78, 5) is 0. The number of hydrogen-bond donors (Lipinski definition) is 0. The van der Waals surface area contributed by atoms with Crippen molar-refractivity contribution in [3.05, 3.63) is 19.3 Å². The predicted molar refractivity (Wildman–Crippen MR) is 111 cm³/mol. The molecule has 22 heavy (non-hydrogen) atoms. The molecule has 0 heterocycles.